The summed E-state index contributed by atoms with van der Waals surface area (Å²) in [6.07, 6.45) is 1.67. The Labute approximate surface area is 200 Å². The third kappa shape index (κ3) is 4.92. The zero-order valence-corrected chi connectivity index (χ0v) is 18.9. The number of nitrogens with one attached hydrogen (secondary N) is 1. The van der Waals surface area contributed by atoms with Crippen molar-refractivity contribution in [1.82, 2.24) is 30.0 Å². The zero-order valence-electron chi connectivity index (χ0n) is 18.9. The fourth-order valence-corrected chi connectivity index (χ4v) is 5.07. The summed E-state index contributed by atoms with van der Waals surface area (Å²) in [7, 11) is 0. The van der Waals surface area contributed by atoms with Crippen LogP contribution in [0.25, 0.3) is 11.4 Å². The van der Waals surface area contributed by atoms with Gasteiger partial charge in [-0.25, -0.2) is 0 Å². The first kappa shape index (κ1) is 23.4. The van der Waals surface area contributed by atoms with Crippen LogP contribution >= 0.6 is 0 Å². The monoisotopic (exact) mass is 486 g/mol. The van der Waals surface area contributed by atoms with Gasteiger partial charge in [0.2, 0.25) is 6.41 Å². The summed E-state index contributed by atoms with van der Waals surface area (Å²) >= 11 is 0. The Morgan fingerprint density at radius 1 is 1.09 bits per heavy atom. The van der Waals surface area contributed by atoms with E-state index in [-0.39, 0.29) is 18.0 Å². The smallest absolute Gasteiger partial charge is 0.379 e. The van der Waals surface area contributed by atoms with Gasteiger partial charge in [-0.05, 0) is 30.2 Å². The number of hydrogen-bond acceptors (Lipinski definition) is 6. The molecule has 184 valence electrons. The molecule has 0 saturated carbocycles. The summed E-state index contributed by atoms with van der Waals surface area (Å²) in [6.45, 7) is 2.93. The van der Waals surface area contributed by atoms with Crippen molar-refractivity contribution in [3.05, 3.63) is 65.7 Å². The van der Waals surface area contributed by atoms with Gasteiger partial charge >= 0.3 is 6.18 Å². The lowest BCUT2D eigenvalue weighted by atomic mass is 9.80. The van der Waals surface area contributed by atoms with Crippen molar-refractivity contribution < 1.29 is 22.7 Å². The molecule has 2 saturated heterocycles. The summed E-state index contributed by atoms with van der Waals surface area (Å²) in [5.74, 6) is -0.273. The molecule has 3 atom stereocenters. The molecule has 8 nitrogen and oxygen atoms in total. The van der Waals surface area contributed by atoms with Crippen LogP contribution in [0.2, 0.25) is 0 Å². The van der Waals surface area contributed by atoms with E-state index in [0.29, 0.717) is 50.7 Å². The number of aromatic amines is 1. The van der Waals surface area contributed by atoms with Crippen LogP contribution in [-0.2, 0) is 15.7 Å². The molecule has 11 heteroatoms. The number of ether oxygens (including phenoxy) is 1. The van der Waals surface area contributed by atoms with Gasteiger partial charge in [-0.15, -0.1) is 0 Å². The summed E-state index contributed by atoms with van der Waals surface area (Å²) in [5.41, 5.74) is 2.19. The Kier molecular flexibility index (Phi) is 6.52. The molecule has 2 fully saturated rings. The Hall–Kier alpha value is -3.31. The number of rotatable bonds is 5. The predicted octanol–water partition coefficient (Wildman–Crippen LogP) is 3.27. The van der Waals surface area contributed by atoms with Gasteiger partial charge in [-0.1, -0.05) is 12.1 Å². The van der Waals surface area contributed by atoms with Crippen LogP contribution in [0.5, 0.6) is 0 Å². The molecular weight excluding hydrogens is 461 g/mol. The molecule has 3 unspecified atom stereocenters. The first-order chi connectivity index (χ1) is 16.9. The maximum atomic E-state index is 13.1. The quantitative estimate of drug-likeness (QED) is 0.557. The largest absolute Gasteiger partial charge is 0.416 e. The van der Waals surface area contributed by atoms with Crippen LogP contribution in [0.3, 0.4) is 0 Å². The minimum absolute atomic E-state index is 0.131. The van der Waals surface area contributed by atoms with Gasteiger partial charge in [0.15, 0.2) is 0 Å². The van der Waals surface area contributed by atoms with E-state index in [1.807, 2.05) is 6.07 Å². The number of morpholine rings is 1. The van der Waals surface area contributed by atoms with Gasteiger partial charge in [0.05, 0.1) is 31.1 Å². The molecule has 0 radical (unpaired) electrons. The van der Waals surface area contributed by atoms with Gasteiger partial charge in [-0.3, -0.25) is 24.8 Å². The van der Waals surface area contributed by atoms with Gasteiger partial charge in [-0.2, -0.15) is 18.3 Å². The van der Waals surface area contributed by atoms with E-state index in [9.17, 15) is 18.0 Å². The molecule has 2 aliphatic heterocycles. The van der Waals surface area contributed by atoms with E-state index in [1.165, 1.54) is 12.1 Å². The molecule has 4 heterocycles. The highest BCUT2D eigenvalue weighted by Gasteiger charge is 2.42. The molecule has 0 spiro atoms. The summed E-state index contributed by atoms with van der Waals surface area (Å²) in [5, 5.41) is 7.55. The third-order valence-corrected chi connectivity index (χ3v) is 6.76. The lowest BCUT2D eigenvalue weighted by molar-refractivity contribution is -0.137. The van der Waals surface area contributed by atoms with E-state index >= 15 is 0 Å². The Morgan fingerprint density at radius 2 is 1.86 bits per heavy atom. The normalized spacial score (nSPS) is 23.9. The number of benzene rings is 1. The maximum absolute atomic E-state index is 13.1. The topological polar surface area (TPSA) is 87.2 Å². The fourth-order valence-electron chi connectivity index (χ4n) is 5.07. The molecule has 5 rings (SSSR count). The van der Waals surface area contributed by atoms with Crippen molar-refractivity contribution in [2.24, 2.45) is 0 Å². The summed E-state index contributed by atoms with van der Waals surface area (Å²) in [4.78, 5) is 24.6. The molecule has 2 aliphatic rings. The van der Waals surface area contributed by atoms with Crippen LogP contribution in [0.15, 0.2) is 48.9 Å². The predicted molar refractivity (Wildman–Crippen MR) is 120 cm³/mol. The lowest BCUT2D eigenvalue weighted by Crippen LogP contribution is -2.58. The van der Waals surface area contributed by atoms with E-state index < -0.39 is 11.7 Å². The number of carbonyl (C=O) groups is 1. The highest BCUT2D eigenvalue weighted by atomic mass is 19.4. The Morgan fingerprint density at radius 3 is 2.51 bits per heavy atom. The molecular formula is C24H25F3N6O2. The number of hydrogen-bond donors (Lipinski definition) is 1. The third-order valence-electron chi connectivity index (χ3n) is 6.76. The van der Waals surface area contributed by atoms with Gasteiger partial charge in [0, 0.05) is 49.6 Å². The van der Waals surface area contributed by atoms with E-state index in [4.69, 9.17) is 4.74 Å². The second-order valence-electron chi connectivity index (χ2n) is 8.82. The van der Waals surface area contributed by atoms with Crippen molar-refractivity contribution in [3.8, 4) is 11.4 Å². The van der Waals surface area contributed by atoms with Crippen molar-refractivity contribution in [2.75, 3.05) is 32.8 Å². The number of H-pyrrole nitrogens is 1. The molecule has 35 heavy (non-hydrogen) atoms. The highest BCUT2D eigenvalue weighted by Crippen LogP contribution is 2.41. The highest BCUT2D eigenvalue weighted by molar-refractivity contribution is 5.54. The van der Waals surface area contributed by atoms with Crippen molar-refractivity contribution in [2.45, 2.75) is 30.6 Å². The average molecular weight is 486 g/mol. The summed E-state index contributed by atoms with van der Waals surface area (Å²) in [6, 6.07) is 7.15. The van der Waals surface area contributed by atoms with Crippen LogP contribution in [0.4, 0.5) is 13.2 Å². The van der Waals surface area contributed by atoms with E-state index in [2.05, 4.69) is 25.1 Å². The first-order valence-electron chi connectivity index (χ1n) is 11.5. The summed E-state index contributed by atoms with van der Waals surface area (Å²) < 4.78 is 44.7. The second kappa shape index (κ2) is 9.74. The molecule has 0 aliphatic carbocycles. The maximum Gasteiger partial charge on any atom is 0.416 e. The standard InChI is InChI=1S/C24H25F3N6O2/c25-24(26,27)18-3-1-16(2-4-18)17-11-19(20-12-21(31-30-20)22-13-28-5-6-29-22)23(33(14-17)15-34)32-7-9-35-10-8-32/h1-6,12-13,15,17,19,23H,7-11,14H2,(H,30,31). The van der Waals surface area contributed by atoms with Crippen molar-refractivity contribution >= 4 is 6.41 Å². The van der Waals surface area contributed by atoms with Gasteiger partial charge in [0.25, 0.3) is 0 Å². The SMILES string of the molecule is O=CN1CC(c2ccc(C(F)(F)F)cc2)CC(c2cc(-c3cnccn3)n[nH]2)C1N1CCOCC1. The van der Waals surface area contributed by atoms with Crippen LogP contribution in [-0.4, -0.2) is 75.4 Å². The molecule has 2 aromatic heterocycles. The molecule has 1 amide bonds. The van der Waals surface area contributed by atoms with Crippen molar-refractivity contribution in [1.29, 1.82) is 0 Å². The molecule has 3 aromatic rings. The van der Waals surface area contributed by atoms with E-state index in [1.54, 1.807) is 23.5 Å². The minimum Gasteiger partial charge on any atom is -0.379 e. The number of likely N-dealkylation sites (tertiary alicyclic amines) is 1. The van der Waals surface area contributed by atoms with E-state index in [0.717, 1.165) is 29.8 Å². The Balaban J connectivity index is 1.48. The number of alkyl halides is 3. The average Bonchev–Trinajstić information content (AvgIpc) is 3.39. The minimum atomic E-state index is -4.39. The molecule has 0 bridgehead atoms. The van der Waals surface area contributed by atoms with Crippen molar-refractivity contribution in [3.63, 3.8) is 0 Å². The van der Waals surface area contributed by atoms with Crippen LogP contribution in [0, 0.1) is 0 Å². The number of carbonyl (C=O) groups excluding carboxylic acids is 1. The fraction of sp³-hybridized carbons (Fsp3) is 0.417. The number of aromatic nitrogens is 4. The second-order valence-corrected chi connectivity index (χ2v) is 8.82. The van der Waals surface area contributed by atoms with Crippen LogP contribution < -0.4 is 0 Å². The molecule has 1 aromatic carbocycles. The number of nitrogens with zero attached hydrogens (tertiary/aromatic N) is 5. The number of amides is 1. The first-order valence-corrected chi connectivity index (χ1v) is 11.5. The number of halogens is 3. The molecule has 1 N–H and O–H groups in total. The van der Waals surface area contributed by atoms with Gasteiger partial charge in [0.1, 0.15) is 11.4 Å². The van der Waals surface area contributed by atoms with Crippen LogP contribution in [0.1, 0.15) is 35.1 Å². The lowest BCUT2D eigenvalue weighted by Gasteiger charge is -2.48. The zero-order chi connectivity index (χ0) is 24.4. The Bertz CT molecular complexity index is 1130. The van der Waals surface area contributed by atoms with Gasteiger partial charge < -0.3 is 9.64 Å². The number of piperidine rings is 1.